The molecule has 0 aliphatic heterocycles. The predicted molar refractivity (Wildman–Crippen MR) is 80.6 cm³/mol. The van der Waals surface area contributed by atoms with Crippen LogP contribution in [0.3, 0.4) is 0 Å². The number of rotatable bonds is 7. The maximum Gasteiger partial charge on any atom is 0.0460 e. The summed E-state index contributed by atoms with van der Waals surface area (Å²) in [4.78, 5) is 8.47. The summed E-state index contributed by atoms with van der Waals surface area (Å²) >= 11 is 4.05. The van der Waals surface area contributed by atoms with Gasteiger partial charge in [-0.3, -0.25) is 9.98 Å². The molecule has 0 rings (SSSR count). The lowest BCUT2D eigenvalue weighted by Crippen LogP contribution is -1.93. The SMILES string of the molecule is C=N/C=C(\C=C/CCC)C(/C)=N/C=C(/S)C=N. The Balaban J connectivity index is 4.89. The first-order chi connectivity index (χ1) is 8.15. The van der Waals surface area contributed by atoms with Gasteiger partial charge in [-0.1, -0.05) is 25.5 Å². The highest BCUT2D eigenvalue weighted by Crippen LogP contribution is 2.05. The van der Waals surface area contributed by atoms with Gasteiger partial charge in [0.05, 0.1) is 0 Å². The Morgan fingerprint density at radius 2 is 2.12 bits per heavy atom. The second-order valence-electron chi connectivity index (χ2n) is 3.37. The molecule has 92 valence electrons. The lowest BCUT2D eigenvalue weighted by atomic mass is 10.1. The molecule has 0 fully saturated rings. The predicted octanol–water partition coefficient (Wildman–Crippen LogP) is 3.81. The van der Waals surface area contributed by atoms with E-state index in [1.54, 1.807) is 6.20 Å². The molecule has 0 spiro atoms. The van der Waals surface area contributed by atoms with Crippen molar-refractivity contribution in [2.45, 2.75) is 26.7 Å². The maximum absolute atomic E-state index is 6.98. The van der Waals surface area contributed by atoms with E-state index in [-0.39, 0.29) is 0 Å². The van der Waals surface area contributed by atoms with E-state index in [1.807, 2.05) is 13.0 Å². The molecule has 17 heavy (non-hydrogen) atoms. The third-order valence-electron chi connectivity index (χ3n) is 1.94. The number of aliphatic imine (C=N–C) groups is 2. The van der Waals surface area contributed by atoms with Crippen molar-refractivity contribution in [2.24, 2.45) is 9.98 Å². The molecule has 4 heteroatoms. The molecule has 0 heterocycles. The summed E-state index contributed by atoms with van der Waals surface area (Å²) in [5, 5.41) is 6.98. The molecule has 0 atom stereocenters. The van der Waals surface area contributed by atoms with Gasteiger partial charge in [0.2, 0.25) is 0 Å². The first-order valence-electron chi connectivity index (χ1n) is 5.42. The molecule has 0 aromatic rings. The lowest BCUT2D eigenvalue weighted by molar-refractivity contribution is 0.958. The van der Waals surface area contributed by atoms with E-state index < -0.39 is 0 Å². The van der Waals surface area contributed by atoms with Crippen molar-refractivity contribution in [3.05, 3.63) is 35.0 Å². The minimum absolute atomic E-state index is 0.507. The van der Waals surface area contributed by atoms with Gasteiger partial charge >= 0.3 is 0 Å². The zero-order valence-corrected chi connectivity index (χ0v) is 11.2. The minimum Gasteiger partial charge on any atom is -0.308 e. The third kappa shape index (κ3) is 7.47. The van der Waals surface area contributed by atoms with Crippen molar-refractivity contribution in [1.29, 1.82) is 5.41 Å². The summed E-state index contributed by atoms with van der Waals surface area (Å²) in [5.41, 5.74) is 1.73. The summed E-state index contributed by atoms with van der Waals surface area (Å²) < 4.78 is 0. The molecule has 0 aromatic carbocycles. The monoisotopic (exact) mass is 249 g/mol. The summed E-state index contributed by atoms with van der Waals surface area (Å²) in [6.07, 6.45) is 10.5. The number of allylic oxidation sites excluding steroid dienone is 4. The van der Waals surface area contributed by atoms with Gasteiger partial charge in [0.1, 0.15) is 0 Å². The van der Waals surface area contributed by atoms with Gasteiger partial charge in [0.25, 0.3) is 0 Å². The number of unbranched alkanes of at least 4 members (excludes halogenated alkanes) is 1. The van der Waals surface area contributed by atoms with E-state index in [2.05, 4.69) is 42.3 Å². The molecule has 1 N–H and O–H groups in total. The molecule has 0 radical (unpaired) electrons. The molecule has 0 unspecified atom stereocenters. The Kier molecular flexibility index (Phi) is 8.96. The molecule has 0 saturated heterocycles. The van der Waals surface area contributed by atoms with Gasteiger partial charge in [-0.25, -0.2) is 0 Å². The normalized spacial score (nSPS) is 14.2. The average molecular weight is 249 g/mol. The molecule has 0 bridgehead atoms. The summed E-state index contributed by atoms with van der Waals surface area (Å²) in [7, 11) is 0. The molecular formula is C13H19N3S. The number of nitrogens with zero attached hydrogens (tertiary/aromatic N) is 2. The molecule has 3 nitrogen and oxygen atoms in total. The quantitative estimate of drug-likeness (QED) is 0.391. The van der Waals surface area contributed by atoms with Crippen molar-refractivity contribution in [1.82, 2.24) is 0 Å². The number of nitrogens with one attached hydrogen (secondary N) is 1. The Labute approximate surface area is 109 Å². The molecular weight excluding hydrogens is 230 g/mol. The van der Waals surface area contributed by atoms with Crippen LogP contribution in [0.1, 0.15) is 26.7 Å². The van der Waals surface area contributed by atoms with Crippen LogP contribution in [0.4, 0.5) is 0 Å². The highest BCUT2D eigenvalue weighted by atomic mass is 32.1. The number of thiol groups is 1. The lowest BCUT2D eigenvalue weighted by Gasteiger charge is -1.99. The third-order valence-corrected chi connectivity index (χ3v) is 2.18. The Bertz CT molecular complexity index is 376. The van der Waals surface area contributed by atoms with Crippen LogP contribution in [0.5, 0.6) is 0 Å². The van der Waals surface area contributed by atoms with E-state index in [9.17, 15) is 0 Å². The minimum atomic E-state index is 0.507. The van der Waals surface area contributed by atoms with Crippen molar-refractivity contribution >= 4 is 31.3 Å². The van der Waals surface area contributed by atoms with Crippen LogP contribution in [-0.4, -0.2) is 18.6 Å². The van der Waals surface area contributed by atoms with E-state index in [4.69, 9.17) is 5.41 Å². The van der Waals surface area contributed by atoms with Crippen molar-refractivity contribution < 1.29 is 0 Å². The van der Waals surface area contributed by atoms with Crippen LogP contribution in [-0.2, 0) is 0 Å². The second-order valence-corrected chi connectivity index (χ2v) is 3.89. The first-order valence-corrected chi connectivity index (χ1v) is 5.87. The van der Waals surface area contributed by atoms with Crippen LogP contribution in [0.15, 0.2) is 45.0 Å². The molecule has 0 amide bonds. The maximum atomic E-state index is 6.98. The number of hydrogen-bond acceptors (Lipinski definition) is 4. The van der Waals surface area contributed by atoms with Gasteiger partial charge in [-0.15, -0.1) is 12.6 Å². The zero-order valence-electron chi connectivity index (χ0n) is 10.3. The van der Waals surface area contributed by atoms with Crippen LogP contribution in [0.2, 0.25) is 0 Å². The fourth-order valence-electron chi connectivity index (χ4n) is 1.01. The van der Waals surface area contributed by atoms with Gasteiger partial charge in [-0.2, -0.15) is 0 Å². The topological polar surface area (TPSA) is 48.6 Å². The van der Waals surface area contributed by atoms with E-state index in [0.29, 0.717) is 4.91 Å². The Morgan fingerprint density at radius 1 is 1.41 bits per heavy atom. The highest BCUT2D eigenvalue weighted by molar-refractivity contribution is 7.85. The van der Waals surface area contributed by atoms with Crippen molar-refractivity contribution in [3.63, 3.8) is 0 Å². The summed E-state index contributed by atoms with van der Waals surface area (Å²) in [6, 6.07) is 0. The Hall–Kier alpha value is -1.42. The number of hydrogen-bond donors (Lipinski definition) is 2. The highest BCUT2D eigenvalue weighted by Gasteiger charge is 1.96. The molecule has 0 aliphatic carbocycles. The molecule has 0 aliphatic rings. The van der Waals surface area contributed by atoms with Crippen LogP contribution in [0, 0.1) is 5.41 Å². The molecule has 0 saturated carbocycles. The van der Waals surface area contributed by atoms with E-state index in [1.165, 1.54) is 6.20 Å². The average Bonchev–Trinajstić information content (AvgIpc) is 2.34. The van der Waals surface area contributed by atoms with Crippen molar-refractivity contribution in [2.75, 3.05) is 0 Å². The Morgan fingerprint density at radius 3 is 2.65 bits per heavy atom. The van der Waals surface area contributed by atoms with Gasteiger partial charge in [0.15, 0.2) is 0 Å². The first kappa shape index (κ1) is 15.6. The smallest absolute Gasteiger partial charge is 0.0460 e. The largest absolute Gasteiger partial charge is 0.308 e. The standard InChI is InChI=1S/C13H19N3S/c1-4-5-6-7-12(9-15-3)11(2)16-10-13(17)8-14/h6-10,14,17H,3-5H2,1-2H3/b7-6-,12-9+,13-10+,14-8?,16-11+. The fraction of sp³-hybridized carbons (Fsp3) is 0.308. The zero-order chi connectivity index (χ0) is 13.1. The summed E-state index contributed by atoms with van der Waals surface area (Å²) in [6.45, 7) is 7.45. The summed E-state index contributed by atoms with van der Waals surface area (Å²) in [5.74, 6) is 0. The van der Waals surface area contributed by atoms with Crippen molar-refractivity contribution in [3.8, 4) is 0 Å². The van der Waals surface area contributed by atoms with E-state index in [0.717, 1.165) is 30.3 Å². The molecule has 0 aromatic heterocycles. The van der Waals surface area contributed by atoms with Gasteiger partial charge < -0.3 is 5.41 Å². The van der Waals surface area contributed by atoms with E-state index >= 15 is 0 Å². The van der Waals surface area contributed by atoms with Gasteiger partial charge in [-0.05, 0) is 20.1 Å². The van der Waals surface area contributed by atoms with Crippen LogP contribution < -0.4 is 0 Å². The van der Waals surface area contributed by atoms with Crippen LogP contribution >= 0.6 is 12.6 Å². The second kappa shape index (κ2) is 9.78. The fourth-order valence-corrected chi connectivity index (χ4v) is 1.06. The van der Waals surface area contributed by atoms with Crippen LogP contribution in [0.25, 0.3) is 0 Å². The van der Waals surface area contributed by atoms with Gasteiger partial charge in [0, 0.05) is 34.8 Å².